The second kappa shape index (κ2) is 19.7. The van der Waals surface area contributed by atoms with Crippen molar-refractivity contribution in [2.24, 2.45) is 17.2 Å². The molecule has 0 radical (unpaired) electrons. The monoisotopic (exact) mass is 807 g/mol. The van der Waals surface area contributed by atoms with Crippen molar-refractivity contribution in [2.75, 3.05) is 19.6 Å². The van der Waals surface area contributed by atoms with Crippen molar-refractivity contribution >= 4 is 62.5 Å². The number of carbonyl (C=O) groups excluding carboxylic acids is 5. The number of piperidine rings is 1. The summed E-state index contributed by atoms with van der Waals surface area (Å²) in [5.74, 6) is -2.95. The summed E-state index contributed by atoms with van der Waals surface area (Å²) in [6, 6.07) is 20.5. The molecular formula is C43H53N9O5S. The van der Waals surface area contributed by atoms with Gasteiger partial charge in [0.2, 0.25) is 29.5 Å². The van der Waals surface area contributed by atoms with Gasteiger partial charge >= 0.3 is 0 Å². The predicted molar refractivity (Wildman–Crippen MR) is 227 cm³/mol. The first kappa shape index (κ1) is 42.0. The minimum Gasteiger partial charge on any atom is -0.368 e. The molecule has 3 heterocycles. The zero-order valence-corrected chi connectivity index (χ0v) is 33.2. The average Bonchev–Trinajstić information content (AvgIpc) is 3.90. The predicted octanol–water partition coefficient (Wildman–Crippen LogP) is 2.04. The highest BCUT2D eigenvalue weighted by atomic mass is 32.1. The largest absolute Gasteiger partial charge is 0.368 e. The Bertz CT molecular complexity index is 2200. The van der Waals surface area contributed by atoms with Crippen LogP contribution < -0.4 is 43.8 Å². The van der Waals surface area contributed by atoms with E-state index in [1.807, 2.05) is 84.2 Å². The number of nitrogens with one attached hydrogen (secondary N) is 6. The highest BCUT2D eigenvalue weighted by molar-refractivity contribution is 7.09. The number of rotatable bonds is 19. The summed E-state index contributed by atoms with van der Waals surface area (Å²) < 4.78 is 0. The molecular weight excluding hydrogens is 755 g/mol. The van der Waals surface area contributed by atoms with Crippen LogP contribution in [-0.4, -0.2) is 83.9 Å². The first-order valence-electron chi connectivity index (χ1n) is 19.8. The third-order valence-electron chi connectivity index (χ3n) is 10.8. The normalized spacial score (nSPS) is 15.8. The molecule has 2 aromatic heterocycles. The Morgan fingerprint density at radius 1 is 0.690 bits per heavy atom. The summed E-state index contributed by atoms with van der Waals surface area (Å²) in [5, 5.41) is 19.4. The van der Waals surface area contributed by atoms with E-state index < -0.39 is 59.2 Å². The number of fused-ring (bicyclic) bond motifs is 2. The Morgan fingerprint density at radius 3 is 2.00 bits per heavy atom. The maximum atomic E-state index is 14.6. The lowest BCUT2D eigenvalue weighted by molar-refractivity contribution is -0.135. The van der Waals surface area contributed by atoms with Gasteiger partial charge in [-0.15, -0.1) is 11.3 Å². The molecule has 5 amide bonds. The summed E-state index contributed by atoms with van der Waals surface area (Å²) in [4.78, 5) is 73.4. The van der Waals surface area contributed by atoms with Crippen molar-refractivity contribution in [1.82, 2.24) is 31.6 Å². The maximum Gasteiger partial charge on any atom is 0.243 e. The Labute approximate surface area is 341 Å². The lowest BCUT2D eigenvalue weighted by atomic mass is 9.88. The van der Waals surface area contributed by atoms with Crippen LogP contribution in [0.25, 0.3) is 21.7 Å². The molecule has 4 atom stereocenters. The molecule has 1 aliphatic heterocycles. The van der Waals surface area contributed by atoms with E-state index in [1.54, 1.807) is 6.20 Å². The lowest BCUT2D eigenvalue weighted by Crippen LogP contribution is -2.63. The number of nitrogens with two attached hydrogens (primary N) is 3. The molecule has 0 bridgehead atoms. The summed E-state index contributed by atoms with van der Waals surface area (Å²) in [7, 11) is 0. The van der Waals surface area contributed by atoms with Gasteiger partial charge in [-0.25, -0.2) is 0 Å². The van der Waals surface area contributed by atoms with Crippen molar-refractivity contribution in [3.63, 3.8) is 0 Å². The number of unbranched alkanes of at least 4 members (excludes halogenated alkanes) is 1. The summed E-state index contributed by atoms with van der Waals surface area (Å²) in [6.07, 6.45) is 4.40. The first-order chi connectivity index (χ1) is 28.0. The number of thiophene rings is 1. The topological polar surface area (TPSA) is 239 Å². The van der Waals surface area contributed by atoms with Crippen LogP contribution in [0.5, 0.6) is 0 Å². The van der Waals surface area contributed by atoms with Gasteiger partial charge < -0.3 is 48.8 Å². The van der Waals surface area contributed by atoms with Crippen LogP contribution in [0.4, 0.5) is 0 Å². The third-order valence-corrected chi connectivity index (χ3v) is 11.7. The number of carbonyl (C=O) groups is 5. The van der Waals surface area contributed by atoms with E-state index in [2.05, 4.69) is 31.6 Å². The zero-order chi connectivity index (χ0) is 41.1. The molecule has 0 unspecified atom stereocenters. The SMILES string of the molecule is NCCCC[C@H](NC(=O)[C@H](Cc1cccs1)NC(=O)[C@@H](Cc1c[nH]c2ccccc12)NC(=O)[C@@H](Cc1cccc2ccccc12)NC(=O)C1(N)CCNCC1)C(N)=O. The molecule has 0 aliphatic carbocycles. The van der Waals surface area contributed by atoms with Gasteiger partial charge in [0.05, 0.1) is 5.54 Å². The van der Waals surface area contributed by atoms with Gasteiger partial charge in [-0.05, 0) is 91.2 Å². The number of H-pyrrole nitrogens is 1. The van der Waals surface area contributed by atoms with E-state index >= 15 is 0 Å². The van der Waals surface area contributed by atoms with Crippen LogP contribution in [0.2, 0.25) is 0 Å². The standard InChI is InChI=1S/C43H53N9O5S/c44-19-6-5-16-34(38(45)53)49-41(56)37(25-30-12-8-22-58-30)51-39(54)35(24-29-26-48-33-15-4-3-14-32(29)33)50-40(55)36(52-42(57)43(46)17-20-47-21-18-43)23-28-11-7-10-27-9-1-2-13-31(27)28/h1-4,7-15,22,26,34-37,47-48H,5-6,16-21,23-25,44,46H2,(H2,45,53)(H,49,56)(H,50,55)(H,51,54)(H,52,57)/t34-,35+,36+,37-/m0/s1. The molecule has 3 aromatic carbocycles. The number of aromatic nitrogens is 1. The molecule has 58 heavy (non-hydrogen) atoms. The number of hydrogen-bond acceptors (Lipinski definition) is 9. The average molecular weight is 808 g/mol. The van der Waals surface area contributed by atoms with Gasteiger partial charge in [-0.2, -0.15) is 0 Å². The minimum absolute atomic E-state index is 0.0549. The Morgan fingerprint density at radius 2 is 1.31 bits per heavy atom. The highest BCUT2D eigenvalue weighted by Crippen LogP contribution is 2.23. The molecule has 0 saturated carbocycles. The second-order valence-corrected chi connectivity index (χ2v) is 16.0. The number of para-hydroxylation sites is 1. The second-order valence-electron chi connectivity index (χ2n) is 15.0. The summed E-state index contributed by atoms with van der Waals surface area (Å²) in [5.41, 5.74) is 19.2. The summed E-state index contributed by atoms with van der Waals surface area (Å²) >= 11 is 1.42. The fraction of sp³-hybridized carbons (Fsp3) is 0.372. The Hall–Kier alpha value is -5.61. The van der Waals surface area contributed by atoms with Crippen molar-refractivity contribution in [2.45, 2.75) is 81.1 Å². The number of benzene rings is 3. The van der Waals surface area contributed by atoms with E-state index in [0.29, 0.717) is 51.7 Å². The highest BCUT2D eigenvalue weighted by Gasteiger charge is 2.38. The Kier molecular flexibility index (Phi) is 14.3. The number of hydrogen-bond donors (Lipinski definition) is 9. The van der Waals surface area contributed by atoms with Crippen molar-refractivity contribution in [1.29, 1.82) is 0 Å². The molecule has 15 heteroatoms. The van der Waals surface area contributed by atoms with Gasteiger partial charge in [-0.3, -0.25) is 24.0 Å². The fourth-order valence-corrected chi connectivity index (χ4v) is 8.22. The lowest BCUT2D eigenvalue weighted by Gasteiger charge is -2.34. The zero-order valence-electron chi connectivity index (χ0n) is 32.4. The van der Waals surface area contributed by atoms with Crippen molar-refractivity contribution in [3.05, 3.63) is 106 Å². The third kappa shape index (κ3) is 10.7. The van der Waals surface area contributed by atoms with E-state index in [9.17, 15) is 24.0 Å². The van der Waals surface area contributed by atoms with Gasteiger partial charge in [-0.1, -0.05) is 66.7 Å². The van der Waals surface area contributed by atoms with E-state index in [0.717, 1.165) is 37.7 Å². The molecule has 1 saturated heterocycles. The van der Waals surface area contributed by atoms with Crippen molar-refractivity contribution < 1.29 is 24.0 Å². The molecule has 306 valence electrons. The first-order valence-corrected chi connectivity index (χ1v) is 20.7. The van der Waals surface area contributed by atoms with Crippen LogP contribution in [0.1, 0.15) is 48.1 Å². The molecule has 14 nitrogen and oxygen atoms in total. The molecule has 12 N–H and O–H groups in total. The smallest absolute Gasteiger partial charge is 0.243 e. The molecule has 5 aromatic rings. The van der Waals surface area contributed by atoms with Crippen LogP contribution >= 0.6 is 11.3 Å². The fourth-order valence-electron chi connectivity index (χ4n) is 7.47. The van der Waals surface area contributed by atoms with Gasteiger partial charge in [0.15, 0.2) is 0 Å². The quantitative estimate of drug-likeness (QED) is 0.0559. The van der Waals surface area contributed by atoms with Crippen LogP contribution in [-0.2, 0) is 43.2 Å². The van der Waals surface area contributed by atoms with Gasteiger partial charge in [0.25, 0.3) is 0 Å². The minimum atomic E-state index is -1.19. The van der Waals surface area contributed by atoms with Gasteiger partial charge in [0.1, 0.15) is 24.2 Å². The van der Waals surface area contributed by atoms with Crippen molar-refractivity contribution in [3.8, 4) is 0 Å². The van der Waals surface area contributed by atoms with Crippen LogP contribution in [0.15, 0.2) is 90.4 Å². The number of amides is 5. The maximum absolute atomic E-state index is 14.6. The molecule has 0 spiro atoms. The van der Waals surface area contributed by atoms with E-state index in [1.165, 1.54) is 11.3 Å². The molecule has 1 aliphatic rings. The Balaban J connectivity index is 1.31. The summed E-state index contributed by atoms with van der Waals surface area (Å²) in [6.45, 7) is 1.55. The molecule has 6 rings (SSSR count). The number of aromatic amines is 1. The number of primary amides is 1. The van der Waals surface area contributed by atoms with Crippen LogP contribution in [0, 0.1) is 0 Å². The van der Waals surface area contributed by atoms with E-state index in [4.69, 9.17) is 17.2 Å². The molecule has 1 fully saturated rings. The van der Waals surface area contributed by atoms with E-state index in [-0.39, 0.29) is 19.3 Å². The van der Waals surface area contributed by atoms with Crippen LogP contribution in [0.3, 0.4) is 0 Å². The van der Waals surface area contributed by atoms with Gasteiger partial charge in [0, 0.05) is 41.2 Å².